The molecule has 1 fully saturated rings. The van der Waals surface area contributed by atoms with E-state index in [4.69, 9.17) is 48.4 Å². The molecule has 1 saturated heterocycles. The number of halogens is 4. The Morgan fingerprint density at radius 3 is 0.972 bits per heavy atom. The Morgan fingerprint density at radius 2 is 0.682 bits per heavy atom. The third-order valence-electron chi connectivity index (χ3n) is 14.1. The van der Waals surface area contributed by atoms with Gasteiger partial charge >= 0.3 is 21.4 Å². The Kier molecular flexibility index (Phi) is 46.9. The van der Waals surface area contributed by atoms with Crippen LogP contribution in [0.15, 0.2) is 252 Å². The van der Waals surface area contributed by atoms with E-state index in [1.165, 1.54) is 43.9 Å². The normalized spacial score (nSPS) is 12.2. The van der Waals surface area contributed by atoms with E-state index in [0.29, 0.717) is 74.9 Å². The number of para-hydroxylation sites is 5. The minimum absolute atomic E-state index is 0. The van der Waals surface area contributed by atoms with Gasteiger partial charge in [-0.25, -0.2) is 4.39 Å². The molecule has 568 valence electrons. The Hall–Kier alpha value is -8.70. The van der Waals surface area contributed by atoms with Crippen LogP contribution in [0.1, 0.15) is 158 Å². The van der Waals surface area contributed by atoms with E-state index >= 15 is 0 Å². The fourth-order valence-corrected chi connectivity index (χ4v) is 9.50. The van der Waals surface area contributed by atoms with Gasteiger partial charge in [-0.2, -0.15) is 0 Å². The van der Waals surface area contributed by atoms with Crippen LogP contribution in [-0.4, -0.2) is 73.1 Å². The van der Waals surface area contributed by atoms with E-state index in [9.17, 15) is 28.8 Å². The molecule has 10 aromatic carbocycles. The number of carbonyl (C=O) groups is 3. The summed E-state index contributed by atoms with van der Waals surface area (Å²) in [6.07, 6.45) is 7.28. The van der Waals surface area contributed by atoms with Crippen molar-refractivity contribution in [3.63, 3.8) is 0 Å². The van der Waals surface area contributed by atoms with Crippen molar-refractivity contribution >= 4 is 101 Å². The molecule has 10 aromatic rings. The van der Waals surface area contributed by atoms with Gasteiger partial charge in [0.1, 0.15) is 63.8 Å². The van der Waals surface area contributed by atoms with Gasteiger partial charge in [-0.15, -0.1) is 12.4 Å². The van der Waals surface area contributed by atoms with Crippen LogP contribution in [0.3, 0.4) is 0 Å². The van der Waals surface area contributed by atoms with Crippen LogP contribution in [-0.2, 0) is 31.8 Å². The van der Waals surface area contributed by atoms with Gasteiger partial charge in [-0.05, 0) is 233 Å². The van der Waals surface area contributed by atoms with Gasteiger partial charge in [-0.1, -0.05) is 191 Å². The number of carbonyl (C=O) groups excluding carboxylic acids is 3. The zero-order valence-electron chi connectivity index (χ0n) is 63.5. The Labute approximate surface area is 657 Å². The first-order chi connectivity index (χ1) is 51.0. The van der Waals surface area contributed by atoms with Gasteiger partial charge in [0.05, 0.1) is 24.4 Å². The van der Waals surface area contributed by atoms with Gasteiger partial charge in [0.25, 0.3) is 0 Å². The lowest BCUT2D eigenvalue weighted by molar-refractivity contribution is 0.00578. The summed E-state index contributed by atoms with van der Waals surface area (Å²) in [6, 6.07) is 72.5. The molecular weight excluding hydrogens is 1510 g/mol. The van der Waals surface area contributed by atoms with Crippen molar-refractivity contribution < 1.29 is 71.5 Å². The SMILES string of the molecule is CC1(C)OB(c2cc(Oc3ccccc3)ccc2C=O)OC1(C)C.CCC.CCC.CCC.CCC.CCN.Cl.O=Cc1ccc(F)cc1Br.O=Cc1ccc(Oc2ccccc2)cc1Br.OB1OCc2ccc(Oc3ccccc3)cc21.OB1OCc2ccc(Oc3ccccc3)cc21.Oc1ccccc1. The molecule has 0 spiro atoms. The smallest absolute Gasteiger partial charge is 0.495 e. The number of hydrogen-bond acceptors (Lipinski definition) is 15. The molecule has 0 aliphatic carbocycles. The number of aldehydes is 3. The third kappa shape index (κ3) is 34.8. The van der Waals surface area contributed by atoms with Crippen molar-refractivity contribution in [2.45, 2.75) is 140 Å². The summed E-state index contributed by atoms with van der Waals surface area (Å²) in [6.45, 7) is 28.5. The number of aromatic hydroxyl groups is 1. The van der Waals surface area contributed by atoms with Crippen molar-refractivity contribution in [1.29, 1.82) is 0 Å². The molecule has 3 heterocycles. The Morgan fingerprint density at radius 1 is 0.411 bits per heavy atom. The molecule has 0 atom stereocenters. The van der Waals surface area contributed by atoms with E-state index in [0.717, 1.165) is 68.6 Å². The van der Waals surface area contributed by atoms with Gasteiger partial charge in [0, 0.05) is 25.6 Å². The quantitative estimate of drug-likeness (QED) is 0.0662. The molecule has 0 aromatic heterocycles. The molecule has 107 heavy (non-hydrogen) atoms. The third-order valence-corrected chi connectivity index (χ3v) is 15.5. The molecular formula is C85H102B3Br2ClFNO14. The van der Waals surface area contributed by atoms with Crippen LogP contribution < -0.4 is 41.1 Å². The zero-order chi connectivity index (χ0) is 78.3. The van der Waals surface area contributed by atoms with Crippen LogP contribution in [0.4, 0.5) is 4.39 Å². The molecule has 3 aliphatic rings. The maximum Gasteiger partial charge on any atom is 0.495 e. The zero-order valence-corrected chi connectivity index (χ0v) is 67.4. The highest BCUT2D eigenvalue weighted by atomic mass is 79.9. The topological polar surface area (TPSA) is 212 Å². The summed E-state index contributed by atoms with van der Waals surface area (Å²) in [5, 5.41) is 27.8. The van der Waals surface area contributed by atoms with Crippen LogP contribution in [0.2, 0.25) is 0 Å². The number of phenols is 1. The summed E-state index contributed by atoms with van der Waals surface area (Å²) in [4.78, 5) is 32.2. The monoisotopic (exact) mass is 1610 g/mol. The summed E-state index contributed by atoms with van der Waals surface area (Å²) >= 11 is 6.35. The average Bonchev–Trinajstić information content (AvgIpc) is 1.63. The second kappa shape index (κ2) is 53.2. The van der Waals surface area contributed by atoms with E-state index in [1.807, 2.05) is 198 Å². The summed E-state index contributed by atoms with van der Waals surface area (Å²) < 4.78 is 58.8. The highest BCUT2D eigenvalue weighted by Crippen LogP contribution is 2.37. The largest absolute Gasteiger partial charge is 0.508 e. The van der Waals surface area contributed by atoms with E-state index in [1.54, 1.807) is 60.7 Å². The number of nitrogens with two attached hydrogens (primary N) is 1. The van der Waals surface area contributed by atoms with Crippen molar-refractivity contribution in [3.8, 4) is 51.7 Å². The average molecular weight is 1610 g/mol. The first-order valence-electron chi connectivity index (χ1n) is 35.3. The summed E-state index contributed by atoms with van der Waals surface area (Å²) in [5.41, 5.74) is 9.81. The lowest BCUT2D eigenvalue weighted by Crippen LogP contribution is -2.41. The van der Waals surface area contributed by atoms with E-state index in [2.05, 4.69) is 87.2 Å². The summed E-state index contributed by atoms with van der Waals surface area (Å²) in [7, 11) is -2.26. The number of benzene rings is 10. The molecule has 13 rings (SSSR count). The standard InChI is InChI=1S/C19H21BO4.2C13H11BO3.C13H9BrO2.C7H4BrFO.C6H6O.4C3H8.C2H7N.ClH/c1-18(2)19(3,4)24-20(23-18)17-12-16(11-10-14(17)13-21)22-15-8-6-5-7-9-15;2*15-14-13-8-12(7-6-10(13)9-16-14)17-11-4-2-1-3-5-11;14-13-8-12(7-6-10(13)9-15)16-11-4-2-1-3-5-11;8-7-3-6(9)2-1-5(7)4-10;7-6-4-2-1-3-5-6;4*1-3-2;1-2-3;/h5-13H,1-4H3;2*1-8,15H,9H2;1-9H;1-4H;1-5,7H;4*3H2,1-2H3;2-3H2,1H3;1H. The van der Waals surface area contributed by atoms with Crippen LogP contribution in [0, 0.1) is 5.82 Å². The molecule has 22 heteroatoms. The first kappa shape index (κ1) is 94.4. The lowest BCUT2D eigenvalue weighted by Gasteiger charge is -2.32. The molecule has 0 bridgehead atoms. The molecule has 0 saturated carbocycles. The van der Waals surface area contributed by atoms with Crippen molar-refractivity contribution in [3.05, 3.63) is 285 Å². The van der Waals surface area contributed by atoms with Gasteiger partial charge in [0.15, 0.2) is 12.6 Å². The number of fused-ring (bicyclic) bond motifs is 2. The molecule has 5 N–H and O–H groups in total. The maximum atomic E-state index is 12.3. The van der Waals surface area contributed by atoms with Gasteiger partial charge in [0.2, 0.25) is 0 Å². The predicted molar refractivity (Wildman–Crippen MR) is 444 cm³/mol. The van der Waals surface area contributed by atoms with Gasteiger partial charge < -0.3 is 58.5 Å². The van der Waals surface area contributed by atoms with E-state index < -0.39 is 32.6 Å². The lowest BCUT2D eigenvalue weighted by atomic mass is 9.76. The predicted octanol–water partition coefficient (Wildman–Crippen LogP) is 20.9. The van der Waals surface area contributed by atoms with Crippen molar-refractivity contribution in [2.24, 2.45) is 5.73 Å². The van der Waals surface area contributed by atoms with Gasteiger partial charge in [-0.3, -0.25) is 14.4 Å². The van der Waals surface area contributed by atoms with Crippen LogP contribution >= 0.6 is 44.3 Å². The molecule has 15 nitrogen and oxygen atoms in total. The molecule has 0 radical (unpaired) electrons. The second-order valence-electron chi connectivity index (χ2n) is 24.4. The van der Waals surface area contributed by atoms with E-state index in [-0.39, 0.29) is 18.2 Å². The molecule has 0 unspecified atom stereocenters. The minimum Gasteiger partial charge on any atom is -0.508 e. The van der Waals surface area contributed by atoms with Crippen LogP contribution in [0.25, 0.3) is 0 Å². The fourth-order valence-electron chi connectivity index (χ4n) is 8.60. The molecule has 0 amide bonds. The fraction of sp³-hybridized carbons (Fsp3) is 0.259. The highest BCUT2D eigenvalue weighted by molar-refractivity contribution is 9.10. The number of phenolic OH excluding ortho intramolecular Hbond substituents is 1. The second-order valence-corrected chi connectivity index (χ2v) is 26.1. The van der Waals surface area contributed by atoms with Crippen molar-refractivity contribution in [2.75, 3.05) is 6.54 Å². The highest BCUT2D eigenvalue weighted by Gasteiger charge is 2.52. The number of rotatable bonds is 12. The molecule has 3 aliphatic heterocycles. The first-order valence-corrected chi connectivity index (χ1v) is 36.9. The Bertz CT molecular complexity index is 3960. The van der Waals surface area contributed by atoms with Crippen LogP contribution in [0.5, 0.6) is 51.7 Å². The van der Waals surface area contributed by atoms with Crippen molar-refractivity contribution in [1.82, 2.24) is 0 Å². The minimum atomic E-state index is -0.829. The number of hydrogen-bond donors (Lipinski definition) is 4. The summed E-state index contributed by atoms with van der Waals surface area (Å²) in [5.74, 6) is 5.78. The number of ether oxygens (including phenoxy) is 4. The maximum absolute atomic E-state index is 12.3. The Balaban J connectivity index is 0.000000429.